The zero-order valence-electron chi connectivity index (χ0n) is 6.96. The summed E-state index contributed by atoms with van der Waals surface area (Å²) < 4.78 is 0. The molecular formula is C7H15NO2S. The minimum atomic E-state index is -0.756. The van der Waals surface area contributed by atoms with Gasteiger partial charge in [-0.1, -0.05) is 0 Å². The minimum absolute atomic E-state index is 0.373. The number of carboxylic acid groups (broad SMARTS) is 1. The van der Waals surface area contributed by atoms with E-state index in [1.807, 2.05) is 6.26 Å². The van der Waals surface area contributed by atoms with E-state index in [0.717, 1.165) is 12.2 Å². The van der Waals surface area contributed by atoms with Crippen LogP contribution in [-0.4, -0.2) is 36.2 Å². The summed E-state index contributed by atoms with van der Waals surface area (Å²) in [5, 5.41) is 11.4. The third-order valence-electron chi connectivity index (χ3n) is 1.49. The second kappa shape index (κ2) is 6.49. The predicted molar refractivity (Wildman–Crippen MR) is 48.1 cm³/mol. The average molecular weight is 177 g/mol. The van der Waals surface area contributed by atoms with Crippen molar-refractivity contribution in [2.75, 3.05) is 19.1 Å². The molecule has 1 atom stereocenters. The van der Waals surface area contributed by atoms with Gasteiger partial charge in [-0.2, -0.15) is 11.8 Å². The number of hydrogen-bond acceptors (Lipinski definition) is 3. The van der Waals surface area contributed by atoms with Gasteiger partial charge in [-0.3, -0.25) is 4.79 Å². The molecule has 0 saturated heterocycles. The molecule has 0 rings (SSSR count). The number of thioether (sulfide) groups is 1. The summed E-state index contributed by atoms with van der Waals surface area (Å²) in [4.78, 5) is 10.5. The van der Waals surface area contributed by atoms with Crippen molar-refractivity contribution in [3.8, 4) is 0 Å². The van der Waals surface area contributed by atoms with E-state index in [-0.39, 0.29) is 6.04 Å². The highest BCUT2D eigenvalue weighted by atomic mass is 32.2. The van der Waals surface area contributed by atoms with Crippen LogP contribution in [0.4, 0.5) is 0 Å². The maximum Gasteiger partial charge on any atom is 0.320 e. The van der Waals surface area contributed by atoms with Crippen LogP contribution in [0.25, 0.3) is 0 Å². The van der Waals surface area contributed by atoms with Gasteiger partial charge in [-0.15, -0.1) is 0 Å². The molecule has 0 aliphatic carbocycles. The van der Waals surface area contributed by atoms with E-state index in [1.165, 1.54) is 0 Å². The van der Waals surface area contributed by atoms with Gasteiger partial charge in [0.1, 0.15) is 6.04 Å². The van der Waals surface area contributed by atoms with Gasteiger partial charge in [0, 0.05) is 0 Å². The number of carboxylic acids is 1. The summed E-state index contributed by atoms with van der Waals surface area (Å²) in [6, 6.07) is -0.373. The fraction of sp³-hybridized carbons (Fsp3) is 0.857. The van der Waals surface area contributed by atoms with Crippen molar-refractivity contribution in [1.82, 2.24) is 5.32 Å². The molecule has 0 fully saturated rings. The number of rotatable bonds is 6. The van der Waals surface area contributed by atoms with E-state index in [4.69, 9.17) is 5.11 Å². The van der Waals surface area contributed by atoms with E-state index in [2.05, 4.69) is 5.32 Å². The van der Waals surface area contributed by atoms with Crippen LogP contribution in [0.3, 0.4) is 0 Å². The Kier molecular flexibility index (Phi) is 6.36. The second-order valence-corrected chi connectivity index (χ2v) is 3.30. The molecule has 4 heteroatoms. The highest BCUT2D eigenvalue weighted by Crippen LogP contribution is 2.02. The Hall–Kier alpha value is -0.220. The molecule has 0 radical (unpaired) electrons. The Morgan fingerprint density at radius 1 is 1.73 bits per heavy atom. The fourth-order valence-corrected chi connectivity index (χ4v) is 1.28. The molecule has 66 valence electrons. The molecule has 2 N–H and O–H groups in total. The lowest BCUT2D eigenvalue weighted by Crippen LogP contribution is -2.33. The summed E-state index contributed by atoms with van der Waals surface area (Å²) in [6.07, 6.45) is 3.70. The number of aliphatic carboxylic acids is 1. The lowest BCUT2D eigenvalue weighted by molar-refractivity contribution is -0.139. The first-order chi connectivity index (χ1) is 5.22. The molecule has 3 nitrogen and oxygen atoms in total. The van der Waals surface area contributed by atoms with Crippen molar-refractivity contribution < 1.29 is 9.90 Å². The standard InChI is InChI=1S/C7H15NO2S/c1-8-6(7(9)10)4-3-5-11-2/h6,8H,3-5H2,1-2H3,(H,9,10)/t6-/m0/s1. The summed E-state index contributed by atoms with van der Waals surface area (Å²) >= 11 is 1.75. The van der Waals surface area contributed by atoms with Crippen LogP contribution in [-0.2, 0) is 4.79 Å². The molecular weight excluding hydrogens is 162 g/mol. The van der Waals surface area contributed by atoms with E-state index in [9.17, 15) is 4.79 Å². The van der Waals surface area contributed by atoms with Gasteiger partial charge in [-0.05, 0) is 31.9 Å². The van der Waals surface area contributed by atoms with Crippen molar-refractivity contribution in [2.45, 2.75) is 18.9 Å². The molecule has 0 aromatic carbocycles. The zero-order valence-corrected chi connectivity index (χ0v) is 7.78. The normalized spacial score (nSPS) is 12.9. The van der Waals surface area contributed by atoms with Gasteiger partial charge in [0.05, 0.1) is 0 Å². The van der Waals surface area contributed by atoms with Crippen LogP contribution in [0.2, 0.25) is 0 Å². The molecule has 0 aliphatic rings. The quantitative estimate of drug-likeness (QED) is 0.589. The monoisotopic (exact) mass is 177 g/mol. The Bertz CT molecular complexity index is 119. The molecule has 0 spiro atoms. The van der Waals surface area contributed by atoms with Crippen molar-refractivity contribution in [3.05, 3.63) is 0 Å². The van der Waals surface area contributed by atoms with Gasteiger partial charge < -0.3 is 10.4 Å². The molecule has 11 heavy (non-hydrogen) atoms. The summed E-state index contributed by atoms with van der Waals surface area (Å²) in [7, 11) is 1.68. The van der Waals surface area contributed by atoms with E-state index < -0.39 is 5.97 Å². The largest absolute Gasteiger partial charge is 0.480 e. The first kappa shape index (κ1) is 10.8. The van der Waals surface area contributed by atoms with Gasteiger partial charge in [0.15, 0.2) is 0 Å². The number of hydrogen-bond donors (Lipinski definition) is 2. The smallest absolute Gasteiger partial charge is 0.320 e. The molecule has 0 aliphatic heterocycles. The highest BCUT2D eigenvalue weighted by Gasteiger charge is 2.12. The summed E-state index contributed by atoms with van der Waals surface area (Å²) in [5.41, 5.74) is 0. The number of carbonyl (C=O) groups is 1. The Morgan fingerprint density at radius 2 is 2.36 bits per heavy atom. The van der Waals surface area contributed by atoms with Crippen LogP contribution in [0.5, 0.6) is 0 Å². The van der Waals surface area contributed by atoms with E-state index in [1.54, 1.807) is 18.8 Å². The molecule has 0 bridgehead atoms. The van der Waals surface area contributed by atoms with E-state index >= 15 is 0 Å². The fourth-order valence-electron chi connectivity index (χ4n) is 0.823. The predicted octanol–water partition coefficient (Wildman–Crippen LogP) is 0.802. The SMILES string of the molecule is CN[C@@H](CCCSC)C(=O)O. The van der Waals surface area contributed by atoms with Gasteiger partial charge in [0.25, 0.3) is 0 Å². The average Bonchev–Trinajstić information content (AvgIpc) is 1.97. The summed E-state index contributed by atoms with van der Waals surface area (Å²) in [5.74, 6) is 0.277. The van der Waals surface area contributed by atoms with Crippen LogP contribution in [0, 0.1) is 0 Å². The zero-order chi connectivity index (χ0) is 8.69. The highest BCUT2D eigenvalue weighted by molar-refractivity contribution is 7.98. The first-order valence-electron chi connectivity index (χ1n) is 3.61. The maximum absolute atomic E-state index is 10.5. The lowest BCUT2D eigenvalue weighted by atomic mass is 10.2. The Labute approximate surface area is 71.6 Å². The first-order valence-corrected chi connectivity index (χ1v) is 5.00. The van der Waals surface area contributed by atoms with Crippen molar-refractivity contribution >= 4 is 17.7 Å². The molecule has 0 amide bonds. The maximum atomic E-state index is 10.5. The van der Waals surface area contributed by atoms with Gasteiger partial charge in [-0.25, -0.2) is 0 Å². The van der Waals surface area contributed by atoms with Gasteiger partial charge >= 0.3 is 5.97 Å². The topological polar surface area (TPSA) is 49.3 Å². The number of likely N-dealkylation sites (N-methyl/N-ethyl adjacent to an activating group) is 1. The third-order valence-corrected chi connectivity index (χ3v) is 2.18. The Morgan fingerprint density at radius 3 is 2.73 bits per heavy atom. The van der Waals surface area contributed by atoms with Crippen LogP contribution < -0.4 is 5.32 Å². The minimum Gasteiger partial charge on any atom is -0.480 e. The Balaban J connectivity index is 3.44. The van der Waals surface area contributed by atoms with Crippen molar-refractivity contribution in [2.24, 2.45) is 0 Å². The van der Waals surface area contributed by atoms with Crippen LogP contribution in [0.1, 0.15) is 12.8 Å². The van der Waals surface area contributed by atoms with Crippen molar-refractivity contribution in [1.29, 1.82) is 0 Å². The van der Waals surface area contributed by atoms with Crippen LogP contribution in [0.15, 0.2) is 0 Å². The van der Waals surface area contributed by atoms with Crippen molar-refractivity contribution in [3.63, 3.8) is 0 Å². The molecule has 0 saturated carbocycles. The molecule has 0 unspecified atom stereocenters. The second-order valence-electron chi connectivity index (χ2n) is 2.31. The number of nitrogens with one attached hydrogen (secondary N) is 1. The van der Waals surface area contributed by atoms with E-state index in [0.29, 0.717) is 6.42 Å². The summed E-state index contributed by atoms with van der Waals surface area (Å²) in [6.45, 7) is 0. The molecule has 0 aromatic rings. The van der Waals surface area contributed by atoms with Gasteiger partial charge in [0.2, 0.25) is 0 Å². The molecule has 0 aromatic heterocycles. The lowest BCUT2D eigenvalue weighted by Gasteiger charge is -2.09. The third kappa shape index (κ3) is 5.09. The van der Waals surface area contributed by atoms with Crippen LogP contribution >= 0.6 is 11.8 Å². The molecule has 0 heterocycles.